The lowest BCUT2D eigenvalue weighted by Crippen LogP contribution is -2.26. The molecule has 69 heavy (non-hydrogen) atoms. The fourth-order valence-corrected chi connectivity index (χ4v) is 6.79. The Balaban J connectivity index is 0.000000253. The molecule has 0 aliphatic carbocycles. The third kappa shape index (κ3) is 13.1. The van der Waals surface area contributed by atoms with Crippen molar-refractivity contribution in [1.29, 1.82) is 0 Å². The van der Waals surface area contributed by atoms with Crippen molar-refractivity contribution < 1.29 is 64.1 Å². The maximum absolute atomic E-state index is 13.4. The number of halogens is 8. The molecule has 0 saturated carbocycles. The second kappa shape index (κ2) is 22.4. The fourth-order valence-electron chi connectivity index (χ4n) is 6.45. The molecule has 0 fully saturated rings. The highest BCUT2D eigenvalue weighted by molar-refractivity contribution is 6.31. The number of carboxylic acids is 1. The van der Waals surface area contributed by atoms with Gasteiger partial charge in [0.15, 0.2) is 11.2 Å². The van der Waals surface area contributed by atoms with Crippen LogP contribution in [-0.2, 0) is 26.7 Å². The zero-order valence-corrected chi connectivity index (χ0v) is 36.5. The first-order valence-corrected chi connectivity index (χ1v) is 20.6. The number of likely N-dealkylation sites (N-methyl/N-ethyl adjacent to an activating group) is 1. The molecule has 1 N–H and O–H groups in total. The first-order valence-electron chi connectivity index (χ1n) is 19.9. The molecule has 19 heteroatoms. The lowest BCUT2D eigenvalue weighted by Gasteiger charge is -2.21. The third-order valence-corrected chi connectivity index (χ3v) is 10.1. The molecule has 2 heterocycles. The van der Waals surface area contributed by atoms with Crippen molar-refractivity contribution in [2.45, 2.75) is 39.4 Å². The van der Waals surface area contributed by atoms with Gasteiger partial charge in [-0.15, -0.1) is 0 Å². The van der Waals surface area contributed by atoms with Crippen LogP contribution in [0.4, 0.5) is 26.3 Å². The Kier molecular flexibility index (Phi) is 17.1. The standard InChI is InChI=1S/C26H22ClF3N2O4.C22H13ClF3NO4.2CH4/c1-32(2)12-13-34-25(33)23(16-6-5-7-17(14-16)26(28,29)30)35-21-11-10-18(27)15-19(21)24-31-20-8-3-4-9-22(20)36-24;23-14-8-9-17(15(11-14)20-27-16-6-1-2-7-18(16)31-20)30-19(21(28)29)12-4-3-5-13(10-12)22(24,25)26;;/h3-11,14-15,23H,12-13H2,1-2H3;1-11,19H,(H,28,29);2*1H4. The Hall–Kier alpha value is -7.08. The highest BCUT2D eigenvalue weighted by Crippen LogP contribution is 2.40. The van der Waals surface area contributed by atoms with Crippen molar-refractivity contribution in [2.24, 2.45) is 0 Å². The average Bonchev–Trinajstić information content (AvgIpc) is 3.93. The van der Waals surface area contributed by atoms with Gasteiger partial charge >= 0.3 is 24.3 Å². The van der Waals surface area contributed by atoms with Crippen LogP contribution in [0.1, 0.15) is 49.3 Å². The van der Waals surface area contributed by atoms with Crippen molar-refractivity contribution in [3.8, 4) is 34.4 Å². The lowest BCUT2D eigenvalue weighted by molar-refractivity contribution is -0.153. The molecule has 2 unspecified atom stereocenters. The second-order valence-electron chi connectivity index (χ2n) is 14.8. The summed E-state index contributed by atoms with van der Waals surface area (Å²) in [6.07, 6.45) is -12.4. The number of fused-ring (bicyclic) bond motifs is 2. The van der Waals surface area contributed by atoms with Crippen LogP contribution in [0, 0.1) is 0 Å². The molecule has 0 saturated heterocycles. The summed E-state index contributed by atoms with van der Waals surface area (Å²) in [6, 6.07) is 31.4. The van der Waals surface area contributed by atoms with E-state index in [-0.39, 0.29) is 61.4 Å². The van der Waals surface area contributed by atoms with E-state index in [1.54, 1.807) is 73.6 Å². The van der Waals surface area contributed by atoms with Crippen molar-refractivity contribution in [3.63, 3.8) is 0 Å². The van der Waals surface area contributed by atoms with Crippen LogP contribution in [-0.4, -0.2) is 59.2 Å². The molecule has 8 rings (SSSR count). The summed E-state index contributed by atoms with van der Waals surface area (Å²) in [7, 11) is 3.60. The number of benzene rings is 6. The molecular formula is C50H43Cl2F6N3O8. The van der Waals surface area contributed by atoms with Crippen molar-refractivity contribution >= 4 is 57.3 Å². The van der Waals surface area contributed by atoms with E-state index < -0.39 is 47.6 Å². The van der Waals surface area contributed by atoms with Crippen LogP contribution < -0.4 is 9.47 Å². The summed E-state index contributed by atoms with van der Waals surface area (Å²) in [4.78, 5) is 35.5. The normalized spacial score (nSPS) is 12.3. The van der Waals surface area contributed by atoms with Gasteiger partial charge < -0.3 is 33.1 Å². The van der Waals surface area contributed by atoms with E-state index in [1.807, 2.05) is 0 Å². The largest absolute Gasteiger partial charge is 0.478 e. The molecule has 362 valence electrons. The molecule has 2 atom stereocenters. The number of carbonyl (C=O) groups excluding carboxylic acids is 1. The van der Waals surface area contributed by atoms with Gasteiger partial charge in [-0.2, -0.15) is 26.3 Å². The average molecular weight is 999 g/mol. The topological polar surface area (TPSA) is 137 Å². The van der Waals surface area contributed by atoms with E-state index >= 15 is 0 Å². The first kappa shape index (κ1) is 52.9. The lowest BCUT2D eigenvalue weighted by atomic mass is 10.1. The Bertz CT molecular complexity index is 2980. The number of para-hydroxylation sites is 4. The number of hydrogen-bond acceptors (Lipinski definition) is 10. The maximum Gasteiger partial charge on any atom is 0.416 e. The molecule has 6 aromatic carbocycles. The first-order chi connectivity index (χ1) is 31.8. The molecule has 0 aliphatic heterocycles. The molecule has 11 nitrogen and oxygen atoms in total. The number of ether oxygens (including phenoxy) is 3. The van der Waals surface area contributed by atoms with Crippen molar-refractivity contribution in [3.05, 3.63) is 166 Å². The maximum atomic E-state index is 13.4. The summed E-state index contributed by atoms with van der Waals surface area (Å²) in [5.41, 5.74) is 0.705. The van der Waals surface area contributed by atoms with Crippen LogP contribution >= 0.6 is 23.2 Å². The van der Waals surface area contributed by atoms with Crippen molar-refractivity contribution in [1.82, 2.24) is 14.9 Å². The Morgan fingerprint density at radius 1 is 0.623 bits per heavy atom. The van der Waals surface area contributed by atoms with E-state index in [0.29, 0.717) is 44.4 Å². The van der Waals surface area contributed by atoms with Crippen LogP contribution in [0.5, 0.6) is 11.5 Å². The minimum atomic E-state index is -4.62. The summed E-state index contributed by atoms with van der Waals surface area (Å²) in [5.74, 6) is -1.81. The van der Waals surface area contributed by atoms with Gasteiger partial charge in [0.2, 0.25) is 24.0 Å². The molecule has 0 spiro atoms. The molecule has 2 aromatic heterocycles. The van der Waals surface area contributed by atoms with Gasteiger partial charge in [-0.1, -0.05) is 86.6 Å². The van der Waals surface area contributed by atoms with Gasteiger partial charge in [-0.25, -0.2) is 19.6 Å². The summed E-state index contributed by atoms with van der Waals surface area (Å²) in [5, 5.41) is 10.3. The Morgan fingerprint density at radius 3 is 1.48 bits per heavy atom. The SMILES string of the molecule is C.C.CN(C)CCOC(=O)C(Oc1ccc(Cl)cc1-c1nc2ccccc2o1)c1cccc(C(F)(F)F)c1.O=C(O)C(Oc1ccc(Cl)cc1-c1nc2ccccc2o1)c1cccc(C(F)(F)F)c1. The van der Waals surface area contributed by atoms with Gasteiger partial charge in [0.1, 0.15) is 29.1 Å². The van der Waals surface area contributed by atoms with Crippen LogP contribution in [0.25, 0.3) is 45.1 Å². The monoisotopic (exact) mass is 997 g/mol. The van der Waals surface area contributed by atoms with Crippen LogP contribution in [0.2, 0.25) is 10.0 Å². The van der Waals surface area contributed by atoms with Gasteiger partial charge in [-0.3, -0.25) is 0 Å². The van der Waals surface area contributed by atoms with E-state index in [1.165, 1.54) is 48.5 Å². The number of alkyl halides is 6. The molecule has 0 aliphatic rings. The predicted molar refractivity (Wildman–Crippen MR) is 249 cm³/mol. The zero-order valence-electron chi connectivity index (χ0n) is 34.9. The summed E-state index contributed by atoms with van der Waals surface area (Å²) < 4.78 is 108. The van der Waals surface area contributed by atoms with E-state index in [9.17, 15) is 41.0 Å². The van der Waals surface area contributed by atoms with Crippen LogP contribution in [0.15, 0.2) is 142 Å². The summed E-state index contributed by atoms with van der Waals surface area (Å²) in [6.45, 7) is 0.458. The van der Waals surface area contributed by atoms with Gasteiger partial charge in [0.25, 0.3) is 0 Å². The Morgan fingerprint density at radius 2 is 1.06 bits per heavy atom. The minimum Gasteiger partial charge on any atom is -0.478 e. The number of oxazole rings is 2. The molecule has 0 bridgehead atoms. The fraction of sp³-hybridized carbons (Fsp3) is 0.200. The molecule has 0 amide bonds. The van der Waals surface area contributed by atoms with E-state index in [0.717, 1.165) is 30.3 Å². The second-order valence-corrected chi connectivity index (χ2v) is 15.7. The third-order valence-electron chi connectivity index (χ3n) is 9.68. The number of carboxylic acid groups (broad SMARTS) is 1. The Labute approximate surface area is 401 Å². The number of aromatic nitrogens is 2. The van der Waals surface area contributed by atoms with E-state index in [2.05, 4.69) is 9.97 Å². The molecule has 8 aromatic rings. The predicted octanol–water partition coefficient (Wildman–Crippen LogP) is 14.0. The zero-order chi connectivity index (χ0) is 48.0. The number of carbonyl (C=O) groups is 2. The quantitative estimate of drug-likeness (QED) is 0.0873. The van der Waals surface area contributed by atoms with Gasteiger partial charge in [0, 0.05) is 27.7 Å². The number of esters is 1. The van der Waals surface area contributed by atoms with Crippen LogP contribution in [0.3, 0.4) is 0 Å². The highest BCUT2D eigenvalue weighted by atomic mass is 35.5. The highest BCUT2D eigenvalue weighted by Gasteiger charge is 2.35. The van der Waals surface area contributed by atoms with Gasteiger partial charge in [-0.05, 0) is 99.0 Å². The summed E-state index contributed by atoms with van der Waals surface area (Å²) >= 11 is 12.3. The number of nitrogens with zero attached hydrogens (tertiary/aromatic N) is 3. The minimum absolute atomic E-state index is 0. The smallest absolute Gasteiger partial charge is 0.416 e. The molecular weight excluding hydrogens is 955 g/mol. The van der Waals surface area contributed by atoms with E-state index in [4.69, 9.17) is 46.2 Å². The van der Waals surface area contributed by atoms with Gasteiger partial charge in [0.05, 0.1) is 22.3 Å². The molecule has 0 radical (unpaired) electrons. The number of rotatable bonds is 13. The number of hydrogen-bond donors (Lipinski definition) is 1. The number of aliphatic carboxylic acids is 1. The van der Waals surface area contributed by atoms with Crippen molar-refractivity contribution in [2.75, 3.05) is 27.2 Å².